The first-order chi connectivity index (χ1) is 14.5. The third-order valence-corrected chi connectivity index (χ3v) is 5.48. The number of nitrogens with one attached hydrogen (secondary N) is 1. The normalized spacial score (nSPS) is 19.7. The summed E-state index contributed by atoms with van der Waals surface area (Å²) in [6.45, 7) is 3.91. The molecule has 1 N–H and O–H groups in total. The van der Waals surface area contributed by atoms with Gasteiger partial charge in [0.15, 0.2) is 5.71 Å². The summed E-state index contributed by atoms with van der Waals surface area (Å²) in [7, 11) is 0. The van der Waals surface area contributed by atoms with Crippen LogP contribution in [0.2, 0.25) is 0 Å². The summed E-state index contributed by atoms with van der Waals surface area (Å²) in [5.74, 6) is -0.529. The van der Waals surface area contributed by atoms with Crippen LogP contribution >= 0.6 is 0 Å². The first-order valence-corrected chi connectivity index (χ1v) is 9.69. The first kappa shape index (κ1) is 18.2. The van der Waals surface area contributed by atoms with E-state index in [1.54, 1.807) is 10.9 Å². The van der Waals surface area contributed by atoms with Crippen molar-refractivity contribution in [3.05, 3.63) is 77.6 Å². The number of aromatic nitrogens is 2. The Kier molecular flexibility index (Phi) is 3.99. The van der Waals surface area contributed by atoms with Crippen LogP contribution in [0.1, 0.15) is 35.5 Å². The Morgan fingerprint density at radius 2 is 1.70 bits per heavy atom. The highest BCUT2D eigenvalue weighted by Gasteiger charge is 2.41. The van der Waals surface area contributed by atoms with E-state index in [9.17, 15) is 9.59 Å². The molecule has 1 aromatic heterocycles. The molecule has 2 aliphatic rings. The number of carbonyl (C=O) groups excluding carboxylic acids is 2. The quantitative estimate of drug-likeness (QED) is 0.672. The number of Topliss-reactive ketones (excluding diaryl/α,β-unsaturated/α-hetero) is 1. The van der Waals surface area contributed by atoms with Crippen molar-refractivity contribution in [1.82, 2.24) is 9.78 Å². The molecule has 0 atom stereocenters. The minimum Gasteiger partial charge on any atom is -0.320 e. The lowest BCUT2D eigenvalue weighted by Crippen LogP contribution is -2.39. The maximum Gasteiger partial charge on any atom is 0.276 e. The van der Waals surface area contributed by atoms with Crippen molar-refractivity contribution < 1.29 is 9.59 Å². The Bertz CT molecular complexity index is 1250. The van der Waals surface area contributed by atoms with Crippen LogP contribution < -0.4 is 5.32 Å². The number of rotatable bonds is 2. The van der Waals surface area contributed by atoms with Crippen molar-refractivity contribution >= 4 is 28.8 Å². The van der Waals surface area contributed by atoms with Gasteiger partial charge >= 0.3 is 0 Å². The van der Waals surface area contributed by atoms with E-state index in [0.717, 1.165) is 11.4 Å². The second-order valence-corrected chi connectivity index (χ2v) is 8.04. The van der Waals surface area contributed by atoms with Crippen molar-refractivity contribution in [2.45, 2.75) is 20.3 Å². The van der Waals surface area contributed by atoms with Crippen molar-refractivity contribution in [1.29, 1.82) is 0 Å². The maximum atomic E-state index is 13.3. The van der Waals surface area contributed by atoms with Gasteiger partial charge in [-0.3, -0.25) is 9.59 Å². The standard InChI is InChI=1S/C23H19N5O2/c1-23(2)12-18-16(13-24-28(18)14-8-4-3-5-9-14)20(29)21(23)27-26-19-15-10-6-7-11-17(15)25-22(19)30/h3-11,13H,12H2,1-2H3,(H,25,26,30)/b27-21-. The van der Waals surface area contributed by atoms with Gasteiger partial charge in [0.25, 0.3) is 5.91 Å². The zero-order chi connectivity index (χ0) is 20.9. The Morgan fingerprint density at radius 3 is 2.50 bits per heavy atom. The molecule has 0 saturated carbocycles. The van der Waals surface area contributed by atoms with Gasteiger partial charge < -0.3 is 5.32 Å². The van der Waals surface area contributed by atoms with Crippen LogP contribution in [0.5, 0.6) is 0 Å². The van der Waals surface area contributed by atoms with Gasteiger partial charge in [-0.25, -0.2) is 4.68 Å². The van der Waals surface area contributed by atoms with E-state index >= 15 is 0 Å². The Labute approximate surface area is 173 Å². The average molecular weight is 397 g/mol. The molecule has 2 heterocycles. The highest BCUT2D eigenvalue weighted by Crippen LogP contribution is 2.34. The molecule has 0 unspecified atom stereocenters. The first-order valence-electron chi connectivity index (χ1n) is 9.69. The molecule has 0 bridgehead atoms. The molecule has 1 amide bonds. The molecule has 0 fully saturated rings. The molecule has 2 aromatic carbocycles. The minimum atomic E-state index is -0.560. The van der Waals surface area contributed by atoms with Gasteiger partial charge in [0, 0.05) is 17.4 Å². The number of benzene rings is 2. The second-order valence-electron chi connectivity index (χ2n) is 8.04. The molecule has 1 aliphatic carbocycles. The molecule has 148 valence electrons. The lowest BCUT2D eigenvalue weighted by molar-refractivity contribution is -0.110. The molecule has 1 aliphatic heterocycles. The van der Waals surface area contributed by atoms with E-state index in [2.05, 4.69) is 20.6 Å². The van der Waals surface area contributed by atoms with Crippen LogP contribution in [0.25, 0.3) is 5.69 Å². The molecule has 7 heteroatoms. The summed E-state index contributed by atoms with van der Waals surface area (Å²) in [4.78, 5) is 25.6. The van der Waals surface area contributed by atoms with Gasteiger partial charge in [-0.1, -0.05) is 50.2 Å². The predicted molar refractivity (Wildman–Crippen MR) is 114 cm³/mol. The Hall–Kier alpha value is -3.87. The molecule has 5 rings (SSSR count). The number of hydrogen-bond acceptors (Lipinski definition) is 5. The molecule has 0 radical (unpaired) electrons. The minimum absolute atomic E-state index is 0.209. The monoisotopic (exact) mass is 397 g/mol. The van der Waals surface area contributed by atoms with Gasteiger partial charge in [-0.05, 0) is 18.2 Å². The molecule has 3 aromatic rings. The smallest absolute Gasteiger partial charge is 0.276 e. The third-order valence-electron chi connectivity index (χ3n) is 5.48. The average Bonchev–Trinajstić information content (AvgIpc) is 3.28. The Balaban J connectivity index is 1.57. The van der Waals surface area contributed by atoms with Crippen molar-refractivity contribution in [3.63, 3.8) is 0 Å². The van der Waals surface area contributed by atoms with Gasteiger partial charge in [-0.2, -0.15) is 10.2 Å². The van der Waals surface area contributed by atoms with E-state index in [0.29, 0.717) is 28.9 Å². The van der Waals surface area contributed by atoms with Gasteiger partial charge in [-0.15, -0.1) is 5.10 Å². The summed E-state index contributed by atoms with van der Waals surface area (Å²) in [6, 6.07) is 17.0. The molecule has 30 heavy (non-hydrogen) atoms. The number of hydrogen-bond donors (Lipinski definition) is 1. The van der Waals surface area contributed by atoms with E-state index in [4.69, 9.17) is 0 Å². The van der Waals surface area contributed by atoms with Crippen LogP contribution in [0.4, 0.5) is 5.69 Å². The fraction of sp³-hybridized carbons (Fsp3) is 0.174. The van der Waals surface area contributed by atoms with Crippen LogP contribution in [-0.2, 0) is 11.2 Å². The van der Waals surface area contributed by atoms with E-state index in [1.165, 1.54) is 0 Å². The number of fused-ring (bicyclic) bond motifs is 2. The van der Waals surface area contributed by atoms with Crippen molar-refractivity contribution in [2.24, 2.45) is 15.6 Å². The fourth-order valence-corrected chi connectivity index (χ4v) is 3.94. The van der Waals surface area contributed by atoms with E-state index in [1.807, 2.05) is 68.4 Å². The molecule has 0 saturated heterocycles. The van der Waals surface area contributed by atoms with Crippen LogP contribution in [0.3, 0.4) is 0 Å². The number of anilines is 1. The fourth-order valence-electron chi connectivity index (χ4n) is 3.94. The molecule has 0 spiro atoms. The topological polar surface area (TPSA) is 88.7 Å². The van der Waals surface area contributed by atoms with Gasteiger partial charge in [0.05, 0.1) is 28.8 Å². The summed E-state index contributed by atoms with van der Waals surface area (Å²) in [6.07, 6.45) is 2.16. The summed E-state index contributed by atoms with van der Waals surface area (Å²) in [5.41, 5.74) is 3.64. The molecule has 7 nitrogen and oxygen atoms in total. The van der Waals surface area contributed by atoms with E-state index in [-0.39, 0.29) is 17.4 Å². The third kappa shape index (κ3) is 2.78. The summed E-state index contributed by atoms with van der Waals surface area (Å²) >= 11 is 0. The second kappa shape index (κ2) is 6.59. The maximum absolute atomic E-state index is 13.3. The van der Waals surface area contributed by atoms with Crippen LogP contribution in [0.15, 0.2) is 71.0 Å². The van der Waals surface area contributed by atoms with Crippen LogP contribution in [0, 0.1) is 5.41 Å². The largest absolute Gasteiger partial charge is 0.320 e. The zero-order valence-electron chi connectivity index (χ0n) is 16.6. The molecular weight excluding hydrogens is 378 g/mol. The zero-order valence-corrected chi connectivity index (χ0v) is 16.6. The number of amides is 1. The highest BCUT2D eigenvalue weighted by atomic mass is 16.2. The highest BCUT2D eigenvalue weighted by molar-refractivity contribution is 6.54. The predicted octanol–water partition coefficient (Wildman–Crippen LogP) is 3.43. The van der Waals surface area contributed by atoms with Crippen molar-refractivity contribution in [2.75, 3.05) is 5.32 Å². The number of carbonyl (C=O) groups is 2. The Morgan fingerprint density at radius 1 is 0.967 bits per heavy atom. The van der Waals surface area contributed by atoms with Crippen LogP contribution in [-0.4, -0.2) is 32.9 Å². The van der Waals surface area contributed by atoms with Crippen molar-refractivity contribution in [3.8, 4) is 5.69 Å². The lowest BCUT2D eigenvalue weighted by atomic mass is 9.74. The number of para-hydroxylation sites is 2. The lowest BCUT2D eigenvalue weighted by Gasteiger charge is -2.30. The summed E-state index contributed by atoms with van der Waals surface area (Å²) in [5, 5.41) is 15.7. The number of ketones is 1. The van der Waals surface area contributed by atoms with Gasteiger partial charge in [0.2, 0.25) is 5.78 Å². The van der Waals surface area contributed by atoms with E-state index < -0.39 is 5.41 Å². The number of nitrogens with zero attached hydrogens (tertiary/aromatic N) is 4. The van der Waals surface area contributed by atoms with Gasteiger partial charge in [0.1, 0.15) is 5.71 Å². The SMILES string of the molecule is CC1(C)Cc2c(cnn2-c2ccccc2)C(=O)/C1=N/N=C1/C(=O)Nc2ccccc21. The molecular formula is C23H19N5O2. The summed E-state index contributed by atoms with van der Waals surface area (Å²) < 4.78 is 1.80.